The molecule has 5 aromatic rings. The molecule has 0 amide bonds. The van der Waals surface area contributed by atoms with E-state index in [2.05, 4.69) is 9.55 Å². The van der Waals surface area contributed by atoms with Crippen molar-refractivity contribution in [2.45, 2.75) is 20.4 Å². The van der Waals surface area contributed by atoms with Crippen molar-refractivity contribution in [2.24, 2.45) is 0 Å². The van der Waals surface area contributed by atoms with Crippen LogP contribution in [0.25, 0.3) is 33.4 Å². The number of nitrogens with zero attached hydrogens (tertiary/aromatic N) is 2. The summed E-state index contributed by atoms with van der Waals surface area (Å²) in [5.41, 5.74) is 5.52. The van der Waals surface area contributed by atoms with Crippen LogP contribution in [-0.4, -0.2) is 27.1 Å². The van der Waals surface area contributed by atoms with E-state index in [1.54, 1.807) is 6.92 Å². The van der Waals surface area contributed by atoms with Gasteiger partial charge in [-0.3, -0.25) is 0 Å². The van der Waals surface area contributed by atoms with Gasteiger partial charge in [-0.2, -0.15) is 0 Å². The average molecular weight is 504 g/mol. The van der Waals surface area contributed by atoms with E-state index in [9.17, 15) is 4.79 Å². The summed E-state index contributed by atoms with van der Waals surface area (Å²) < 4.78 is 7.56. The molecule has 0 spiro atoms. The van der Waals surface area contributed by atoms with Gasteiger partial charge < -0.3 is 14.3 Å². The minimum absolute atomic E-state index is 0.267. The fourth-order valence-corrected chi connectivity index (χ4v) is 4.65. The first kappa shape index (κ1) is 23.2. The van der Waals surface area contributed by atoms with Crippen molar-refractivity contribution in [3.63, 3.8) is 0 Å². The standard InChI is InChI=1S/C28H23Cl2N3O2/c1-3-35-28(34)26-24(22-14-13-21(30)15-23(22)32-26)27-25(19-7-5-4-6-8-19)31-17(2)33(27)16-18-9-11-20(29)12-10-18/h4-15,32H,3,16H2,1-2H3. The van der Waals surface area contributed by atoms with E-state index >= 15 is 0 Å². The van der Waals surface area contributed by atoms with Crippen molar-refractivity contribution in [1.82, 2.24) is 14.5 Å². The summed E-state index contributed by atoms with van der Waals surface area (Å²) in [5.74, 6) is 0.401. The van der Waals surface area contributed by atoms with Crippen molar-refractivity contribution < 1.29 is 9.53 Å². The van der Waals surface area contributed by atoms with Gasteiger partial charge in [0.05, 0.1) is 18.0 Å². The van der Waals surface area contributed by atoms with Gasteiger partial charge in [-0.25, -0.2) is 9.78 Å². The zero-order chi connectivity index (χ0) is 24.5. The van der Waals surface area contributed by atoms with Crippen molar-refractivity contribution >= 4 is 40.1 Å². The average Bonchev–Trinajstić information content (AvgIpc) is 3.38. The van der Waals surface area contributed by atoms with Gasteiger partial charge in [-0.05, 0) is 43.7 Å². The molecule has 0 bridgehead atoms. The Balaban J connectivity index is 1.82. The highest BCUT2D eigenvalue weighted by Gasteiger charge is 2.27. The van der Waals surface area contributed by atoms with Gasteiger partial charge >= 0.3 is 5.97 Å². The number of carbonyl (C=O) groups excluding carboxylic acids is 1. The lowest BCUT2D eigenvalue weighted by Gasteiger charge is -2.14. The van der Waals surface area contributed by atoms with Gasteiger partial charge in [0.2, 0.25) is 0 Å². The maximum Gasteiger partial charge on any atom is 0.355 e. The molecule has 0 aliphatic rings. The molecule has 0 radical (unpaired) electrons. The summed E-state index contributed by atoms with van der Waals surface area (Å²) in [7, 11) is 0. The van der Waals surface area contributed by atoms with Crippen LogP contribution in [0.5, 0.6) is 0 Å². The Bertz CT molecular complexity index is 1520. The van der Waals surface area contributed by atoms with Gasteiger partial charge in [0.1, 0.15) is 11.5 Å². The number of benzene rings is 3. The normalized spacial score (nSPS) is 11.2. The van der Waals surface area contributed by atoms with Crippen LogP contribution in [0, 0.1) is 6.92 Å². The molecule has 2 heterocycles. The Labute approximate surface area is 213 Å². The van der Waals surface area contributed by atoms with Crippen LogP contribution >= 0.6 is 23.2 Å². The van der Waals surface area contributed by atoms with Crippen LogP contribution in [-0.2, 0) is 11.3 Å². The Kier molecular flexibility index (Phi) is 6.37. The number of esters is 1. The number of fused-ring (bicyclic) bond motifs is 1. The van der Waals surface area contributed by atoms with E-state index in [4.69, 9.17) is 32.9 Å². The first-order valence-corrected chi connectivity index (χ1v) is 12.1. The Morgan fingerprint density at radius 3 is 2.43 bits per heavy atom. The Morgan fingerprint density at radius 2 is 1.71 bits per heavy atom. The molecule has 0 atom stereocenters. The highest BCUT2D eigenvalue weighted by molar-refractivity contribution is 6.31. The number of halogens is 2. The molecule has 0 aliphatic heterocycles. The van der Waals surface area contributed by atoms with Gasteiger partial charge in [0.25, 0.3) is 0 Å². The number of ether oxygens (including phenoxy) is 1. The van der Waals surface area contributed by atoms with Gasteiger partial charge in [0, 0.05) is 38.6 Å². The molecule has 5 rings (SSSR count). The lowest BCUT2D eigenvalue weighted by Crippen LogP contribution is -2.09. The number of carbonyl (C=O) groups is 1. The third kappa shape index (κ3) is 4.45. The molecule has 0 aliphatic carbocycles. The third-order valence-corrected chi connectivity index (χ3v) is 6.42. The van der Waals surface area contributed by atoms with Crippen molar-refractivity contribution in [3.05, 3.63) is 99.9 Å². The molecule has 0 unspecified atom stereocenters. The van der Waals surface area contributed by atoms with Gasteiger partial charge in [-0.1, -0.05) is 71.7 Å². The fourth-order valence-electron chi connectivity index (χ4n) is 4.35. The third-order valence-electron chi connectivity index (χ3n) is 5.94. The lowest BCUT2D eigenvalue weighted by atomic mass is 10.0. The van der Waals surface area contributed by atoms with E-state index in [0.717, 1.165) is 44.8 Å². The highest BCUT2D eigenvalue weighted by atomic mass is 35.5. The topological polar surface area (TPSA) is 59.9 Å². The number of rotatable bonds is 6. The largest absolute Gasteiger partial charge is 0.461 e. The second-order valence-electron chi connectivity index (χ2n) is 8.22. The second-order valence-corrected chi connectivity index (χ2v) is 9.09. The predicted octanol–water partition coefficient (Wildman–Crippen LogP) is 7.54. The smallest absolute Gasteiger partial charge is 0.355 e. The molecular formula is C28H23Cl2N3O2. The minimum Gasteiger partial charge on any atom is -0.461 e. The number of aryl methyl sites for hydroxylation is 1. The molecule has 1 N–H and O–H groups in total. The van der Waals surface area contributed by atoms with Crippen LogP contribution in [0.4, 0.5) is 0 Å². The SMILES string of the molecule is CCOC(=O)c1[nH]c2cc(Cl)ccc2c1-c1c(-c2ccccc2)nc(C)n1Cc1ccc(Cl)cc1. The molecule has 35 heavy (non-hydrogen) atoms. The minimum atomic E-state index is -0.425. The van der Waals surface area contributed by atoms with E-state index in [-0.39, 0.29) is 6.61 Å². The fraction of sp³-hybridized carbons (Fsp3) is 0.143. The second kappa shape index (κ2) is 9.61. The highest BCUT2D eigenvalue weighted by Crippen LogP contribution is 2.40. The zero-order valence-corrected chi connectivity index (χ0v) is 20.8. The summed E-state index contributed by atoms with van der Waals surface area (Å²) >= 11 is 12.4. The number of aromatic amines is 1. The summed E-state index contributed by atoms with van der Waals surface area (Å²) in [4.78, 5) is 21.3. The van der Waals surface area contributed by atoms with Gasteiger partial charge in [-0.15, -0.1) is 0 Å². The van der Waals surface area contributed by atoms with Crippen molar-refractivity contribution in [2.75, 3.05) is 6.61 Å². The summed E-state index contributed by atoms with van der Waals surface area (Å²) in [6.07, 6.45) is 0. The molecule has 0 saturated heterocycles. The molecule has 0 fully saturated rings. The van der Waals surface area contributed by atoms with E-state index in [0.29, 0.717) is 22.3 Å². The van der Waals surface area contributed by atoms with E-state index in [1.807, 2.05) is 79.7 Å². The van der Waals surface area contributed by atoms with Crippen LogP contribution < -0.4 is 0 Å². The van der Waals surface area contributed by atoms with Crippen LogP contribution in [0.3, 0.4) is 0 Å². The first-order chi connectivity index (χ1) is 17.0. The van der Waals surface area contributed by atoms with Crippen molar-refractivity contribution in [1.29, 1.82) is 0 Å². The van der Waals surface area contributed by atoms with Crippen LogP contribution in [0.1, 0.15) is 28.8 Å². The molecule has 2 aromatic heterocycles. The van der Waals surface area contributed by atoms with Crippen LogP contribution in [0.15, 0.2) is 72.8 Å². The number of imidazole rings is 1. The maximum atomic E-state index is 13.1. The van der Waals surface area contributed by atoms with Gasteiger partial charge in [0.15, 0.2) is 0 Å². The molecular weight excluding hydrogens is 481 g/mol. The molecule has 5 nitrogen and oxygen atoms in total. The first-order valence-electron chi connectivity index (χ1n) is 11.3. The number of nitrogens with one attached hydrogen (secondary N) is 1. The molecule has 176 valence electrons. The summed E-state index contributed by atoms with van der Waals surface area (Å²) in [6, 6.07) is 23.3. The summed E-state index contributed by atoms with van der Waals surface area (Å²) in [6.45, 7) is 4.59. The number of aromatic nitrogens is 3. The number of hydrogen-bond donors (Lipinski definition) is 1. The molecule has 0 saturated carbocycles. The number of H-pyrrole nitrogens is 1. The quantitative estimate of drug-likeness (QED) is 0.243. The Hall–Kier alpha value is -3.54. The zero-order valence-electron chi connectivity index (χ0n) is 19.3. The predicted molar refractivity (Wildman–Crippen MR) is 141 cm³/mol. The van der Waals surface area contributed by atoms with E-state index < -0.39 is 5.97 Å². The molecule has 3 aromatic carbocycles. The maximum absolute atomic E-state index is 13.1. The Morgan fingerprint density at radius 1 is 1.00 bits per heavy atom. The van der Waals surface area contributed by atoms with E-state index in [1.165, 1.54) is 0 Å². The summed E-state index contributed by atoms with van der Waals surface area (Å²) in [5, 5.41) is 2.13. The van der Waals surface area contributed by atoms with Crippen LogP contribution in [0.2, 0.25) is 10.0 Å². The lowest BCUT2D eigenvalue weighted by molar-refractivity contribution is 0.0521. The number of hydrogen-bond acceptors (Lipinski definition) is 3. The van der Waals surface area contributed by atoms with Crippen molar-refractivity contribution in [3.8, 4) is 22.5 Å². The monoisotopic (exact) mass is 503 g/mol. The molecule has 7 heteroatoms.